The standard InChI is InChI=1S/C13H29N3O/c1-10(2)8-12(9-16(4)5)15-13(17)11(3)6-7-14/h10-12H,6-9,14H2,1-5H3,(H,15,17). The van der Waals surface area contributed by atoms with Crippen LogP contribution in [0.1, 0.15) is 33.6 Å². The molecule has 2 atom stereocenters. The monoisotopic (exact) mass is 243 g/mol. The molecule has 4 nitrogen and oxygen atoms in total. The Morgan fingerprint density at radius 1 is 1.29 bits per heavy atom. The van der Waals surface area contributed by atoms with Gasteiger partial charge in [-0.05, 0) is 39.4 Å². The van der Waals surface area contributed by atoms with Gasteiger partial charge in [-0.25, -0.2) is 0 Å². The smallest absolute Gasteiger partial charge is 0.223 e. The van der Waals surface area contributed by atoms with Crippen LogP contribution in [0, 0.1) is 11.8 Å². The number of carbonyl (C=O) groups is 1. The summed E-state index contributed by atoms with van der Waals surface area (Å²) in [4.78, 5) is 14.0. The van der Waals surface area contributed by atoms with Crippen LogP contribution in [-0.2, 0) is 4.79 Å². The molecule has 0 aliphatic rings. The first-order chi connectivity index (χ1) is 7.86. The summed E-state index contributed by atoms with van der Waals surface area (Å²) in [6.07, 6.45) is 1.77. The second-order valence-corrected chi connectivity index (χ2v) is 5.58. The highest BCUT2D eigenvalue weighted by molar-refractivity contribution is 5.78. The van der Waals surface area contributed by atoms with Crippen molar-refractivity contribution in [3.63, 3.8) is 0 Å². The lowest BCUT2D eigenvalue weighted by atomic mass is 10.0. The summed E-state index contributed by atoms with van der Waals surface area (Å²) in [5, 5.41) is 3.13. The largest absolute Gasteiger partial charge is 0.352 e. The highest BCUT2D eigenvalue weighted by Gasteiger charge is 2.18. The number of likely N-dealkylation sites (N-methyl/N-ethyl adjacent to an activating group) is 1. The molecule has 0 aromatic rings. The molecule has 0 spiro atoms. The highest BCUT2D eigenvalue weighted by atomic mass is 16.1. The Morgan fingerprint density at radius 3 is 2.29 bits per heavy atom. The van der Waals surface area contributed by atoms with Gasteiger partial charge in [0.15, 0.2) is 0 Å². The van der Waals surface area contributed by atoms with Crippen molar-refractivity contribution in [3.05, 3.63) is 0 Å². The molecule has 0 aromatic heterocycles. The van der Waals surface area contributed by atoms with Gasteiger partial charge in [0, 0.05) is 18.5 Å². The third-order valence-electron chi connectivity index (χ3n) is 2.74. The Bertz CT molecular complexity index is 207. The predicted octanol–water partition coefficient (Wildman–Crippen LogP) is 1.06. The topological polar surface area (TPSA) is 58.4 Å². The average Bonchev–Trinajstić information content (AvgIpc) is 2.15. The normalized spacial score (nSPS) is 15.1. The SMILES string of the molecule is CC(C)CC(CN(C)C)NC(=O)C(C)CCN. The molecule has 4 heteroatoms. The van der Waals surface area contributed by atoms with Crippen molar-refractivity contribution in [2.75, 3.05) is 27.2 Å². The minimum absolute atomic E-state index is 0.0109. The van der Waals surface area contributed by atoms with Crippen molar-refractivity contribution in [1.82, 2.24) is 10.2 Å². The zero-order chi connectivity index (χ0) is 13.4. The molecular weight excluding hydrogens is 214 g/mol. The van der Waals surface area contributed by atoms with Crippen LogP contribution in [0.5, 0.6) is 0 Å². The lowest BCUT2D eigenvalue weighted by molar-refractivity contribution is -0.125. The van der Waals surface area contributed by atoms with Crippen molar-refractivity contribution in [1.29, 1.82) is 0 Å². The van der Waals surface area contributed by atoms with E-state index in [0.29, 0.717) is 12.5 Å². The summed E-state index contributed by atoms with van der Waals surface area (Å²) in [6.45, 7) is 7.75. The molecule has 0 aliphatic carbocycles. The fourth-order valence-electron chi connectivity index (χ4n) is 1.91. The molecule has 2 unspecified atom stereocenters. The zero-order valence-corrected chi connectivity index (χ0v) is 12.0. The first-order valence-electron chi connectivity index (χ1n) is 6.52. The van der Waals surface area contributed by atoms with E-state index in [2.05, 4.69) is 24.1 Å². The maximum absolute atomic E-state index is 11.9. The third-order valence-corrected chi connectivity index (χ3v) is 2.74. The molecule has 0 saturated heterocycles. The van der Waals surface area contributed by atoms with Crippen molar-refractivity contribution in [3.8, 4) is 0 Å². The Balaban J connectivity index is 4.26. The van der Waals surface area contributed by atoms with Crippen LogP contribution in [0.3, 0.4) is 0 Å². The average molecular weight is 243 g/mol. The second kappa shape index (κ2) is 8.48. The second-order valence-electron chi connectivity index (χ2n) is 5.58. The van der Waals surface area contributed by atoms with Gasteiger partial charge < -0.3 is 16.0 Å². The number of carbonyl (C=O) groups excluding carboxylic acids is 1. The van der Waals surface area contributed by atoms with E-state index in [1.165, 1.54) is 0 Å². The van der Waals surface area contributed by atoms with Crippen molar-refractivity contribution in [2.45, 2.75) is 39.7 Å². The summed E-state index contributed by atoms with van der Waals surface area (Å²) in [7, 11) is 4.06. The van der Waals surface area contributed by atoms with Crippen LogP contribution in [0.25, 0.3) is 0 Å². The summed E-state index contributed by atoms with van der Waals surface area (Å²) in [5.74, 6) is 0.727. The number of hydrogen-bond acceptors (Lipinski definition) is 3. The van der Waals surface area contributed by atoms with Gasteiger partial charge in [0.2, 0.25) is 5.91 Å². The molecule has 0 fully saturated rings. The molecular formula is C13H29N3O. The lowest BCUT2D eigenvalue weighted by Crippen LogP contribution is -2.44. The van der Waals surface area contributed by atoms with Crippen LogP contribution >= 0.6 is 0 Å². The molecule has 0 bridgehead atoms. The van der Waals surface area contributed by atoms with Gasteiger partial charge in [-0.1, -0.05) is 20.8 Å². The van der Waals surface area contributed by atoms with Crippen molar-refractivity contribution < 1.29 is 4.79 Å². The summed E-state index contributed by atoms with van der Waals surface area (Å²) in [6, 6.07) is 0.234. The Kier molecular flexibility index (Phi) is 8.17. The molecule has 0 heterocycles. The summed E-state index contributed by atoms with van der Waals surface area (Å²) < 4.78 is 0. The Morgan fingerprint density at radius 2 is 1.88 bits per heavy atom. The van der Waals surface area contributed by atoms with Crippen LogP contribution in [0.2, 0.25) is 0 Å². The molecule has 0 radical (unpaired) electrons. The van der Waals surface area contributed by atoms with Crippen molar-refractivity contribution in [2.24, 2.45) is 17.6 Å². The van der Waals surface area contributed by atoms with E-state index in [1.807, 2.05) is 21.0 Å². The maximum Gasteiger partial charge on any atom is 0.223 e. The first kappa shape index (κ1) is 16.4. The van der Waals surface area contributed by atoms with E-state index in [9.17, 15) is 4.79 Å². The van der Waals surface area contributed by atoms with E-state index in [0.717, 1.165) is 19.4 Å². The van der Waals surface area contributed by atoms with Crippen molar-refractivity contribution >= 4 is 5.91 Å². The molecule has 0 rings (SSSR count). The van der Waals surface area contributed by atoms with E-state index in [-0.39, 0.29) is 17.9 Å². The number of rotatable bonds is 8. The van der Waals surface area contributed by atoms with E-state index >= 15 is 0 Å². The van der Waals surface area contributed by atoms with Crippen LogP contribution in [-0.4, -0.2) is 44.0 Å². The van der Waals surface area contributed by atoms with Gasteiger partial charge in [-0.3, -0.25) is 4.79 Å². The fraction of sp³-hybridized carbons (Fsp3) is 0.923. The number of nitrogens with zero attached hydrogens (tertiary/aromatic N) is 1. The van der Waals surface area contributed by atoms with Crippen LogP contribution < -0.4 is 11.1 Å². The molecule has 17 heavy (non-hydrogen) atoms. The number of hydrogen-bond donors (Lipinski definition) is 2. The van der Waals surface area contributed by atoms with E-state index in [1.54, 1.807) is 0 Å². The van der Waals surface area contributed by atoms with Gasteiger partial charge in [0.1, 0.15) is 0 Å². The molecule has 0 aromatic carbocycles. The summed E-state index contributed by atoms with van der Waals surface area (Å²) in [5.41, 5.74) is 5.47. The van der Waals surface area contributed by atoms with Gasteiger partial charge >= 0.3 is 0 Å². The minimum atomic E-state index is 0.0109. The minimum Gasteiger partial charge on any atom is -0.352 e. The predicted molar refractivity (Wildman–Crippen MR) is 72.8 cm³/mol. The quantitative estimate of drug-likeness (QED) is 0.670. The highest BCUT2D eigenvalue weighted by Crippen LogP contribution is 2.08. The maximum atomic E-state index is 11.9. The Hall–Kier alpha value is -0.610. The number of nitrogens with one attached hydrogen (secondary N) is 1. The van der Waals surface area contributed by atoms with Crippen LogP contribution in [0.4, 0.5) is 0 Å². The first-order valence-corrected chi connectivity index (χ1v) is 6.52. The lowest BCUT2D eigenvalue weighted by Gasteiger charge is -2.25. The third kappa shape index (κ3) is 8.16. The molecule has 0 saturated carbocycles. The number of amides is 1. The Labute approximate surface area is 106 Å². The van der Waals surface area contributed by atoms with Gasteiger partial charge in [0.25, 0.3) is 0 Å². The summed E-state index contributed by atoms with van der Waals surface area (Å²) >= 11 is 0. The molecule has 0 aliphatic heterocycles. The van der Waals surface area contributed by atoms with E-state index < -0.39 is 0 Å². The van der Waals surface area contributed by atoms with Crippen LogP contribution in [0.15, 0.2) is 0 Å². The molecule has 1 amide bonds. The molecule has 102 valence electrons. The fourth-order valence-corrected chi connectivity index (χ4v) is 1.91. The zero-order valence-electron chi connectivity index (χ0n) is 12.0. The van der Waals surface area contributed by atoms with Gasteiger partial charge in [-0.2, -0.15) is 0 Å². The van der Waals surface area contributed by atoms with Gasteiger partial charge in [-0.15, -0.1) is 0 Å². The molecule has 3 N–H and O–H groups in total. The van der Waals surface area contributed by atoms with Gasteiger partial charge in [0.05, 0.1) is 0 Å². The van der Waals surface area contributed by atoms with E-state index in [4.69, 9.17) is 5.73 Å². The number of nitrogens with two attached hydrogens (primary N) is 1.